The molecule has 0 saturated heterocycles. The Hall–Kier alpha value is -1.41. The van der Waals surface area contributed by atoms with Crippen molar-refractivity contribution in [2.75, 3.05) is 13.2 Å². The fourth-order valence-corrected chi connectivity index (χ4v) is 0.917. The second-order valence-electron chi connectivity index (χ2n) is 4.23. The van der Waals surface area contributed by atoms with Gasteiger partial charge in [-0.1, -0.05) is 0 Å². The summed E-state index contributed by atoms with van der Waals surface area (Å²) in [5.41, 5.74) is -1.85. The first-order chi connectivity index (χ1) is 8.36. The average Bonchev–Trinajstić information content (AvgIpc) is 2.24. The summed E-state index contributed by atoms with van der Waals surface area (Å²) >= 11 is 0. The number of ether oxygens (including phenoxy) is 1. The molecule has 0 aliphatic carbocycles. The number of halogens is 5. The van der Waals surface area contributed by atoms with E-state index in [0.29, 0.717) is 0 Å². The number of amides is 1. The summed E-state index contributed by atoms with van der Waals surface area (Å²) < 4.78 is 65.3. The van der Waals surface area contributed by atoms with Gasteiger partial charge in [0.2, 0.25) is 5.91 Å². The molecule has 1 N–H and O–H groups in total. The van der Waals surface area contributed by atoms with Gasteiger partial charge in [-0.2, -0.15) is 22.0 Å². The Bertz CT molecular complexity index is 352. The highest BCUT2D eigenvalue weighted by Gasteiger charge is 2.57. The molecule has 112 valence electrons. The van der Waals surface area contributed by atoms with E-state index in [9.17, 15) is 31.5 Å². The Labute approximate surface area is 106 Å². The van der Waals surface area contributed by atoms with Gasteiger partial charge in [0.25, 0.3) is 0 Å². The van der Waals surface area contributed by atoms with Crippen molar-refractivity contribution in [3.63, 3.8) is 0 Å². The zero-order valence-electron chi connectivity index (χ0n) is 10.5. The molecular weight excluding hydrogens is 277 g/mol. The van der Waals surface area contributed by atoms with Crippen LogP contribution in [0.4, 0.5) is 22.0 Å². The van der Waals surface area contributed by atoms with E-state index in [4.69, 9.17) is 0 Å². The van der Waals surface area contributed by atoms with E-state index in [-0.39, 0.29) is 6.61 Å². The smallest absolute Gasteiger partial charge is 0.455 e. The average molecular weight is 291 g/mol. The maximum Gasteiger partial charge on any atom is 0.455 e. The monoisotopic (exact) mass is 291 g/mol. The van der Waals surface area contributed by atoms with E-state index in [1.165, 1.54) is 12.2 Å². The molecule has 0 aromatic heterocycles. The van der Waals surface area contributed by atoms with E-state index in [1.807, 2.05) is 0 Å². The lowest BCUT2D eigenvalue weighted by Crippen LogP contribution is -2.51. The molecule has 0 aromatic rings. The van der Waals surface area contributed by atoms with Gasteiger partial charge in [-0.15, -0.1) is 0 Å². The van der Waals surface area contributed by atoms with Crippen molar-refractivity contribution in [3.05, 3.63) is 0 Å². The Kier molecular flexibility index (Phi) is 5.28. The molecule has 0 fully saturated rings. The van der Waals surface area contributed by atoms with Gasteiger partial charge in [0.05, 0.1) is 13.2 Å². The van der Waals surface area contributed by atoms with Gasteiger partial charge in [0.1, 0.15) is 5.41 Å². The van der Waals surface area contributed by atoms with Gasteiger partial charge in [-0.3, -0.25) is 9.59 Å². The third-order valence-electron chi connectivity index (χ3n) is 2.24. The first-order valence-corrected chi connectivity index (χ1v) is 5.26. The van der Waals surface area contributed by atoms with Gasteiger partial charge < -0.3 is 10.1 Å². The molecule has 9 heteroatoms. The number of nitrogens with one attached hydrogen (secondary N) is 1. The molecule has 0 saturated carbocycles. The first-order valence-electron chi connectivity index (χ1n) is 5.26. The second kappa shape index (κ2) is 5.70. The maximum absolute atomic E-state index is 12.6. The van der Waals surface area contributed by atoms with Crippen LogP contribution in [-0.4, -0.2) is 37.1 Å². The Morgan fingerprint density at radius 1 is 1.11 bits per heavy atom. The van der Waals surface area contributed by atoms with E-state index in [2.05, 4.69) is 4.74 Å². The molecule has 0 unspecified atom stereocenters. The van der Waals surface area contributed by atoms with Crippen LogP contribution in [0.2, 0.25) is 0 Å². The molecule has 0 bridgehead atoms. The zero-order valence-corrected chi connectivity index (χ0v) is 10.5. The van der Waals surface area contributed by atoms with Crippen molar-refractivity contribution >= 4 is 11.9 Å². The van der Waals surface area contributed by atoms with Gasteiger partial charge in [0.15, 0.2) is 0 Å². The first kappa shape index (κ1) is 17.6. The van der Waals surface area contributed by atoms with Crippen LogP contribution in [0.3, 0.4) is 0 Å². The molecule has 0 aromatic carbocycles. The Morgan fingerprint density at radius 3 is 1.95 bits per heavy atom. The molecule has 0 spiro atoms. The minimum absolute atomic E-state index is 0.0474. The lowest BCUT2D eigenvalue weighted by Gasteiger charge is -2.24. The Morgan fingerprint density at radius 2 is 1.58 bits per heavy atom. The number of rotatable bonds is 5. The van der Waals surface area contributed by atoms with Crippen LogP contribution in [0.15, 0.2) is 0 Å². The van der Waals surface area contributed by atoms with Crippen molar-refractivity contribution in [2.24, 2.45) is 5.41 Å². The van der Waals surface area contributed by atoms with Crippen LogP contribution in [0.5, 0.6) is 0 Å². The standard InChI is InChI=1S/C10H14F5NO3/c1-4-19-7(18)8(2,3)6(17)16-5-9(11,12)10(13,14)15/h4-5H2,1-3H3,(H,16,17). The van der Waals surface area contributed by atoms with Crippen LogP contribution < -0.4 is 5.32 Å². The zero-order chi connectivity index (χ0) is 15.5. The van der Waals surface area contributed by atoms with E-state index >= 15 is 0 Å². The molecule has 0 atom stereocenters. The third kappa shape index (κ3) is 4.32. The quantitative estimate of drug-likeness (QED) is 0.478. The van der Waals surface area contributed by atoms with Gasteiger partial charge >= 0.3 is 18.1 Å². The molecule has 1 amide bonds. The minimum Gasteiger partial charge on any atom is -0.465 e. The van der Waals surface area contributed by atoms with Crippen LogP contribution in [0, 0.1) is 5.41 Å². The summed E-state index contributed by atoms with van der Waals surface area (Å²) in [6.45, 7) is 1.61. The third-order valence-corrected chi connectivity index (χ3v) is 2.24. The SMILES string of the molecule is CCOC(=O)C(C)(C)C(=O)NCC(F)(F)C(F)(F)F. The summed E-state index contributed by atoms with van der Waals surface area (Å²) in [5.74, 6) is -7.34. The molecule has 0 aliphatic heterocycles. The summed E-state index contributed by atoms with van der Waals surface area (Å²) in [7, 11) is 0. The molecule has 0 heterocycles. The van der Waals surface area contributed by atoms with Crippen LogP contribution in [0.25, 0.3) is 0 Å². The maximum atomic E-state index is 12.6. The lowest BCUT2D eigenvalue weighted by atomic mass is 9.92. The Balaban J connectivity index is 4.68. The van der Waals surface area contributed by atoms with Crippen molar-refractivity contribution < 1.29 is 36.3 Å². The molecule has 19 heavy (non-hydrogen) atoms. The number of carbonyl (C=O) groups excluding carboxylic acids is 2. The second-order valence-corrected chi connectivity index (χ2v) is 4.23. The summed E-state index contributed by atoms with van der Waals surface area (Å²) in [6.07, 6.45) is -5.77. The van der Waals surface area contributed by atoms with E-state index in [0.717, 1.165) is 13.8 Å². The normalized spacial score (nSPS) is 13.1. The summed E-state index contributed by atoms with van der Waals surface area (Å²) in [4.78, 5) is 22.8. The number of hydrogen-bond acceptors (Lipinski definition) is 3. The fraction of sp³-hybridized carbons (Fsp3) is 0.800. The van der Waals surface area contributed by atoms with Gasteiger partial charge in [0, 0.05) is 0 Å². The number of carbonyl (C=O) groups is 2. The number of esters is 1. The van der Waals surface area contributed by atoms with E-state index < -0.39 is 35.9 Å². The highest BCUT2D eigenvalue weighted by molar-refractivity contribution is 6.01. The molecule has 4 nitrogen and oxygen atoms in total. The van der Waals surface area contributed by atoms with Gasteiger partial charge in [-0.05, 0) is 20.8 Å². The molecule has 0 aliphatic rings. The van der Waals surface area contributed by atoms with Crippen molar-refractivity contribution in [3.8, 4) is 0 Å². The predicted octanol–water partition coefficient (Wildman–Crippen LogP) is 1.89. The fourth-order valence-electron chi connectivity index (χ4n) is 0.917. The summed E-state index contributed by atoms with van der Waals surface area (Å²) in [5, 5.41) is 1.40. The van der Waals surface area contributed by atoms with E-state index in [1.54, 1.807) is 0 Å². The molecule has 0 rings (SSSR count). The van der Waals surface area contributed by atoms with Crippen LogP contribution >= 0.6 is 0 Å². The van der Waals surface area contributed by atoms with Crippen LogP contribution in [-0.2, 0) is 14.3 Å². The number of alkyl halides is 5. The highest BCUT2D eigenvalue weighted by Crippen LogP contribution is 2.34. The predicted molar refractivity (Wildman–Crippen MR) is 54.4 cm³/mol. The topological polar surface area (TPSA) is 55.4 Å². The lowest BCUT2D eigenvalue weighted by molar-refractivity contribution is -0.278. The molecule has 0 radical (unpaired) electrons. The highest BCUT2D eigenvalue weighted by atomic mass is 19.4. The molecular formula is C10H14F5NO3. The van der Waals surface area contributed by atoms with Crippen molar-refractivity contribution in [2.45, 2.75) is 32.9 Å². The largest absolute Gasteiger partial charge is 0.465 e. The van der Waals surface area contributed by atoms with Crippen LogP contribution in [0.1, 0.15) is 20.8 Å². The minimum atomic E-state index is -5.77. The number of hydrogen-bond donors (Lipinski definition) is 1. The summed E-state index contributed by atoms with van der Waals surface area (Å²) in [6, 6.07) is 0. The van der Waals surface area contributed by atoms with Crippen molar-refractivity contribution in [1.29, 1.82) is 0 Å². The van der Waals surface area contributed by atoms with Gasteiger partial charge in [-0.25, -0.2) is 0 Å². The van der Waals surface area contributed by atoms with Crippen molar-refractivity contribution in [1.82, 2.24) is 5.32 Å².